The van der Waals surface area contributed by atoms with Gasteiger partial charge in [0.15, 0.2) is 0 Å². The van der Waals surface area contributed by atoms with Gasteiger partial charge in [0.2, 0.25) is 11.8 Å². The predicted molar refractivity (Wildman–Crippen MR) is 100 cm³/mol. The molecular weight excluding hydrogens is 378 g/mol. The van der Waals surface area contributed by atoms with E-state index >= 15 is 0 Å². The minimum Gasteiger partial charge on any atom is -0.366 e. The lowest BCUT2D eigenvalue weighted by Gasteiger charge is -2.15. The zero-order chi connectivity index (χ0) is 19.3. The minimum atomic E-state index is -0.754. The summed E-state index contributed by atoms with van der Waals surface area (Å²) in [6, 6.07) is 10.8. The highest BCUT2D eigenvalue weighted by Crippen LogP contribution is 2.30. The van der Waals surface area contributed by atoms with Gasteiger partial charge in [0.1, 0.15) is 0 Å². The Morgan fingerprint density at radius 3 is 2.62 bits per heavy atom. The number of primary amides is 1. The number of nitrogens with two attached hydrogens (primary N) is 1. The molecule has 26 heavy (non-hydrogen) atoms. The summed E-state index contributed by atoms with van der Waals surface area (Å²) in [5.74, 6) is -1.07. The van der Waals surface area contributed by atoms with Crippen molar-refractivity contribution in [2.45, 2.75) is 17.9 Å². The van der Waals surface area contributed by atoms with Crippen LogP contribution in [-0.4, -0.2) is 22.5 Å². The van der Waals surface area contributed by atoms with Crippen LogP contribution in [0, 0.1) is 10.1 Å². The van der Waals surface area contributed by atoms with Gasteiger partial charge in [-0.05, 0) is 30.7 Å². The summed E-state index contributed by atoms with van der Waals surface area (Å²) in [6.07, 6.45) is 0. The van der Waals surface area contributed by atoms with Crippen molar-refractivity contribution in [2.75, 3.05) is 5.75 Å². The first-order chi connectivity index (χ1) is 12.3. The van der Waals surface area contributed by atoms with Crippen LogP contribution in [0.15, 0.2) is 47.4 Å². The van der Waals surface area contributed by atoms with Gasteiger partial charge in [-0.2, -0.15) is 0 Å². The standard InChI is InChI=1S/C17H16ClN3O4S/c1-10(12-4-2-3-5-13(12)18)20-16(22)9-26-15-7-6-11(17(19)23)8-14(15)21(24)25/h2-8,10H,9H2,1H3,(H2,19,23)(H,20,22). The number of rotatable bonds is 7. The number of hydrogen-bond acceptors (Lipinski definition) is 5. The average Bonchev–Trinajstić information content (AvgIpc) is 2.59. The molecule has 3 N–H and O–H groups in total. The van der Waals surface area contributed by atoms with Crippen LogP contribution in [0.3, 0.4) is 0 Å². The quantitative estimate of drug-likeness (QED) is 0.425. The molecule has 0 radical (unpaired) electrons. The number of nitro benzene ring substituents is 1. The van der Waals surface area contributed by atoms with Crippen molar-refractivity contribution in [1.82, 2.24) is 5.32 Å². The molecule has 0 heterocycles. The molecule has 0 aliphatic carbocycles. The minimum absolute atomic E-state index is 0.0223. The fourth-order valence-electron chi connectivity index (χ4n) is 2.27. The Morgan fingerprint density at radius 1 is 1.31 bits per heavy atom. The maximum absolute atomic E-state index is 12.1. The molecular formula is C17H16ClN3O4S. The molecule has 2 amide bonds. The summed E-state index contributed by atoms with van der Waals surface area (Å²) < 4.78 is 0. The smallest absolute Gasteiger partial charge is 0.283 e. The summed E-state index contributed by atoms with van der Waals surface area (Å²) >= 11 is 7.11. The van der Waals surface area contributed by atoms with Crippen molar-refractivity contribution in [3.05, 3.63) is 68.7 Å². The molecule has 0 fully saturated rings. The molecule has 136 valence electrons. The highest BCUT2D eigenvalue weighted by molar-refractivity contribution is 8.00. The molecule has 0 spiro atoms. The fourth-order valence-corrected chi connectivity index (χ4v) is 3.38. The monoisotopic (exact) mass is 393 g/mol. The van der Waals surface area contributed by atoms with Crippen LogP contribution in [-0.2, 0) is 4.79 Å². The highest BCUT2D eigenvalue weighted by atomic mass is 35.5. The van der Waals surface area contributed by atoms with Crippen LogP contribution in [0.25, 0.3) is 0 Å². The molecule has 0 aromatic heterocycles. The Labute approximate surface area is 159 Å². The van der Waals surface area contributed by atoms with E-state index in [2.05, 4.69) is 5.32 Å². The van der Waals surface area contributed by atoms with Crippen molar-refractivity contribution < 1.29 is 14.5 Å². The van der Waals surface area contributed by atoms with Gasteiger partial charge >= 0.3 is 0 Å². The summed E-state index contributed by atoms with van der Waals surface area (Å²) in [7, 11) is 0. The number of carbonyl (C=O) groups excluding carboxylic acids is 2. The van der Waals surface area contributed by atoms with Crippen molar-refractivity contribution >= 4 is 40.9 Å². The molecule has 0 bridgehead atoms. The van der Waals surface area contributed by atoms with Crippen molar-refractivity contribution in [3.8, 4) is 0 Å². The number of nitrogens with one attached hydrogen (secondary N) is 1. The molecule has 1 unspecified atom stereocenters. The van der Waals surface area contributed by atoms with Gasteiger partial charge in [0, 0.05) is 16.7 Å². The van der Waals surface area contributed by atoms with E-state index in [0.29, 0.717) is 5.02 Å². The first-order valence-corrected chi connectivity index (χ1v) is 8.90. The van der Waals surface area contributed by atoms with Crippen LogP contribution in [0.5, 0.6) is 0 Å². The lowest BCUT2D eigenvalue weighted by molar-refractivity contribution is -0.387. The van der Waals surface area contributed by atoms with Gasteiger partial charge in [-0.3, -0.25) is 19.7 Å². The number of amides is 2. The number of halogens is 1. The second-order valence-electron chi connectivity index (χ2n) is 5.40. The van der Waals surface area contributed by atoms with E-state index in [-0.39, 0.29) is 33.8 Å². The van der Waals surface area contributed by atoms with Gasteiger partial charge in [0.25, 0.3) is 5.69 Å². The van der Waals surface area contributed by atoms with E-state index in [4.69, 9.17) is 17.3 Å². The third kappa shape index (κ3) is 4.96. The van der Waals surface area contributed by atoms with Crippen molar-refractivity contribution in [3.63, 3.8) is 0 Å². The molecule has 2 aromatic carbocycles. The van der Waals surface area contributed by atoms with Gasteiger partial charge in [-0.25, -0.2) is 0 Å². The van der Waals surface area contributed by atoms with Gasteiger partial charge in [-0.1, -0.05) is 29.8 Å². The van der Waals surface area contributed by atoms with Crippen molar-refractivity contribution in [2.24, 2.45) is 5.73 Å². The maximum atomic E-state index is 12.1. The number of hydrogen-bond donors (Lipinski definition) is 2. The van der Waals surface area contributed by atoms with E-state index in [9.17, 15) is 19.7 Å². The first kappa shape index (κ1) is 19.7. The van der Waals surface area contributed by atoms with Gasteiger partial charge < -0.3 is 11.1 Å². The molecule has 0 saturated heterocycles. The zero-order valence-electron chi connectivity index (χ0n) is 13.8. The zero-order valence-corrected chi connectivity index (χ0v) is 15.3. The third-order valence-corrected chi connectivity index (χ3v) is 4.96. The molecule has 7 nitrogen and oxygen atoms in total. The van der Waals surface area contributed by atoms with E-state index in [0.717, 1.165) is 23.4 Å². The lowest BCUT2D eigenvalue weighted by atomic mass is 10.1. The number of carbonyl (C=O) groups is 2. The molecule has 2 rings (SSSR count). The van der Waals surface area contributed by atoms with Gasteiger partial charge in [-0.15, -0.1) is 11.8 Å². The van der Waals surface area contributed by atoms with Crippen LogP contribution < -0.4 is 11.1 Å². The Morgan fingerprint density at radius 2 is 2.00 bits per heavy atom. The lowest BCUT2D eigenvalue weighted by Crippen LogP contribution is -2.28. The Balaban J connectivity index is 2.04. The summed E-state index contributed by atoms with van der Waals surface area (Å²) in [4.78, 5) is 34.1. The Hall–Kier alpha value is -2.58. The Bertz CT molecular complexity index is 860. The molecule has 0 saturated carbocycles. The van der Waals surface area contributed by atoms with E-state index in [1.54, 1.807) is 19.1 Å². The Kier molecular flexibility index (Phi) is 6.59. The second kappa shape index (κ2) is 8.68. The number of nitro groups is 1. The van der Waals surface area contributed by atoms with Crippen LogP contribution in [0.4, 0.5) is 5.69 Å². The predicted octanol–water partition coefficient (Wildman–Crippen LogP) is 3.32. The topological polar surface area (TPSA) is 115 Å². The SMILES string of the molecule is CC(NC(=O)CSc1ccc(C(N)=O)cc1[N+](=O)[O-])c1ccccc1Cl. The van der Waals surface area contributed by atoms with Gasteiger partial charge in [0.05, 0.1) is 21.6 Å². The first-order valence-electron chi connectivity index (χ1n) is 7.54. The average molecular weight is 394 g/mol. The van der Waals surface area contributed by atoms with E-state index < -0.39 is 10.8 Å². The normalized spacial score (nSPS) is 11.6. The molecule has 0 aliphatic heterocycles. The fraction of sp³-hybridized carbons (Fsp3) is 0.176. The summed E-state index contributed by atoms with van der Waals surface area (Å²) in [5, 5.41) is 14.5. The van der Waals surface area contributed by atoms with Crippen LogP contribution in [0.1, 0.15) is 28.9 Å². The summed E-state index contributed by atoms with van der Waals surface area (Å²) in [6.45, 7) is 1.80. The maximum Gasteiger partial charge on any atom is 0.283 e. The molecule has 2 aromatic rings. The molecule has 9 heteroatoms. The van der Waals surface area contributed by atoms with Crippen LogP contribution >= 0.6 is 23.4 Å². The number of thioether (sulfide) groups is 1. The highest BCUT2D eigenvalue weighted by Gasteiger charge is 2.19. The largest absolute Gasteiger partial charge is 0.366 e. The summed E-state index contributed by atoms with van der Waals surface area (Å²) in [5.41, 5.74) is 5.69. The number of nitrogens with zero attached hydrogens (tertiary/aromatic N) is 1. The third-order valence-electron chi connectivity index (χ3n) is 3.55. The second-order valence-corrected chi connectivity index (χ2v) is 6.83. The van der Waals surface area contributed by atoms with E-state index in [1.165, 1.54) is 12.1 Å². The van der Waals surface area contributed by atoms with Crippen molar-refractivity contribution in [1.29, 1.82) is 0 Å². The molecule has 0 aliphatic rings. The van der Waals surface area contributed by atoms with Crippen LogP contribution in [0.2, 0.25) is 5.02 Å². The van der Waals surface area contributed by atoms with E-state index in [1.807, 2.05) is 12.1 Å². The molecule has 1 atom stereocenters. The number of benzene rings is 2.